The molecule has 0 aliphatic heterocycles. The molecule has 0 aromatic rings. The molecule has 300 valence electrons. The van der Waals surface area contributed by atoms with E-state index in [0.29, 0.717) is 19.3 Å². The first kappa shape index (κ1) is 49.3. The summed E-state index contributed by atoms with van der Waals surface area (Å²) in [6.07, 6.45) is 40.1. The fourth-order valence-corrected chi connectivity index (χ4v) is 5.73. The van der Waals surface area contributed by atoms with Crippen molar-refractivity contribution < 1.29 is 38.2 Å². The van der Waals surface area contributed by atoms with Crippen molar-refractivity contribution in [3.05, 3.63) is 48.6 Å². The third-order valence-electron chi connectivity index (χ3n) is 8.96. The van der Waals surface area contributed by atoms with Crippen molar-refractivity contribution in [1.29, 1.82) is 0 Å². The summed E-state index contributed by atoms with van der Waals surface area (Å²) in [6.45, 7) is 4.55. The summed E-state index contributed by atoms with van der Waals surface area (Å²) in [5, 5.41) is 9.60. The molecule has 8 nitrogen and oxygen atoms in total. The molecule has 0 heterocycles. The van der Waals surface area contributed by atoms with E-state index in [9.17, 15) is 19.5 Å². The number of carbonyl (C=O) groups excluding carboxylic acids is 2. The maximum atomic E-state index is 12.7. The minimum Gasteiger partial charge on any atom is -0.477 e. The van der Waals surface area contributed by atoms with Gasteiger partial charge in [-0.1, -0.05) is 127 Å². The van der Waals surface area contributed by atoms with E-state index >= 15 is 0 Å². The second-order valence-corrected chi connectivity index (χ2v) is 14.9. The number of unbranched alkanes of at least 4 members (excludes halogenated alkanes) is 14. The largest absolute Gasteiger partial charge is 0.477 e. The van der Waals surface area contributed by atoms with Crippen LogP contribution in [0.4, 0.5) is 0 Å². The van der Waals surface area contributed by atoms with Crippen LogP contribution < -0.4 is 0 Å². The Labute approximate surface area is 318 Å². The number of ether oxygens (including phenoxy) is 3. The summed E-state index contributed by atoms with van der Waals surface area (Å²) in [7, 11) is 5.51. The monoisotopic (exact) mass is 733 g/mol. The van der Waals surface area contributed by atoms with E-state index in [1.807, 2.05) is 21.1 Å². The summed E-state index contributed by atoms with van der Waals surface area (Å²) in [5.41, 5.74) is 0. The smallest absolute Gasteiger partial charge is 0.362 e. The molecular weight excluding hydrogens is 654 g/mol. The minimum absolute atomic E-state index is 0.0535. The number of carboxylic acid groups (broad SMARTS) is 1. The number of likely N-dealkylation sites (N-methyl/N-ethyl adjacent to an activating group) is 1. The number of allylic oxidation sites excluding steroid dienone is 8. The van der Waals surface area contributed by atoms with Crippen LogP contribution in [0.3, 0.4) is 0 Å². The van der Waals surface area contributed by atoms with E-state index in [1.165, 1.54) is 51.4 Å². The lowest BCUT2D eigenvalue weighted by molar-refractivity contribution is -0.887. The summed E-state index contributed by atoms with van der Waals surface area (Å²) < 4.78 is 17.2. The van der Waals surface area contributed by atoms with Crippen molar-refractivity contribution in [3.63, 3.8) is 0 Å². The van der Waals surface area contributed by atoms with Gasteiger partial charge in [0.05, 0.1) is 34.4 Å². The molecule has 2 atom stereocenters. The maximum Gasteiger partial charge on any atom is 0.362 e. The highest BCUT2D eigenvalue weighted by Gasteiger charge is 2.31. The van der Waals surface area contributed by atoms with Gasteiger partial charge in [0.15, 0.2) is 12.1 Å². The van der Waals surface area contributed by atoms with Crippen LogP contribution in [-0.2, 0) is 28.6 Å². The fourth-order valence-electron chi connectivity index (χ4n) is 5.73. The Hall–Kier alpha value is -2.71. The number of esters is 2. The number of quaternary nitrogens is 1. The van der Waals surface area contributed by atoms with E-state index in [2.05, 4.69) is 62.5 Å². The van der Waals surface area contributed by atoms with Gasteiger partial charge in [0.2, 0.25) is 0 Å². The topological polar surface area (TPSA) is 99.1 Å². The molecule has 8 heteroatoms. The molecule has 0 fully saturated rings. The molecule has 1 N–H and O–H groups in total. The molecule has 0 saturated carbocycles. The van der Waals surface area contributed by atoms with E-state index in [4.69, 9.17) is 14.2 Å². The van der Waals surface area contributed by atoms with Gasteiger partial charge in [0, 0.05) is 19.3 Å². The van der Waals surface area contributed by atoms with Gasteiger partial charge in [-0.25, -0.2) is 4.79 Å². The first-order valence-corrected chi connectivity index (χ1v) is 20.7. The second kappa shape index (κ2) is 35.3. The Bertz CT molecular complexity index is 995. The van der Waals surface area contributed by atoms with Gasteiger partial charge in [-0.3, -0.25) is 9.59 Å². The van der Waals surface area contributed by atoms with Crippen LogP contribution in [0.5, 0.6) is 0 Å². The van der Waals surface area contributed by atoms with Crippen LogP contribution in [0.15, 0.2) is 48.6 Å². The third-order valence-corrected chi connectivity index (χ3v) is 8.96. The number of aliphatic carboxylic acids is 1. The lowest BCUT2D eigenvalue weighted by atomic mass is 10.1. The lowest BCUT2D eigenvalue weighted by Crippen LogP contribution is -2.50. The molecule has 0 bridgehead atoms. The van der Waals surface area contributed by atoms with Gasteiger partial charge in [0.1, 0.15) is 6.61 Å². The molecule has 52 heavy (non-hydrogen) atoms. The Morgan fingerprint density at radius 2 is 1.08 bits per heavy atom. The highest BCUT2D eigenvalue weighted by Crippen LogP contribution is 2.13. The number of carboxylic acids is 1. The Morgan fingerprint density at radius 3 is 1.62 bits per heavy atom. The van der Waals surface area contributed by atoms with Crippen molar-refractivity contribution in [1.82, 2.24) is 0 Å². The molecule has 0 aromatic heterocycles. The third kappa shape index (κ3) is 33.1. The maximum absolute atomic E-state index is 12.7. The van der Waals surface area contributed by atoms with Gasteiger partial charge in [0.25, 0.3) is 0 Å². The van der Waals surface area contributed by atoms with Gasteiger partial charge >= 0.3 is 17.9 Å². The molecule has 0 rings (SSSR count). The van der Waals surface area contributed by atoms with Gasteiger partial charge in [-0.2, -0.15) is 0 Å². The van der Waals surface area contributed by atoms with Gasteiger partial charge in [-0.15, -0.1) is 0 Å². The standard InChI is InChI=1S/C44H77NO7/c1-6-8-10-12-14-16-18-19-20-21-22-23-25-27-29-31-33-35-43(47)52-40(38-50-37-36-41(44(48)49)45(3,4)5)39-51-42(46)34-32-30-28-26-24-17-15-13-11-9-7-2/h8,10,13-16,19-20,40-41H,6-7,9,11-12,17-18,21-39H2,1-5H3/p+1/b10-8-,15-13-,16-14-,20-19-. The van der Waals surface area contributed by atoms with Crippen LogP contribution >= 0.6 is 0 Å². The van der Waals surface area contributed by atoms with Crippen LogP contribution in [0.2, 0.25) is 0 Å². The zero-order valence-electron chi connectivity index (χ0n) is 34.0. The van der Waals surface area contributed by atoms with Gasteiger partial charge < -0.3 is 23.8 Å². The van der Waals surface area contributed by atoms with E-state index in [-0.39, 0.29) is 36.2 Å². The van der Waals surface area contributed by atoms with Crippen molar-refractivity contribution in [2.24, 2.45) is 0 Å². The van der Waals surface area contributed by atoms with E-state index < -0.39 is 18.1 Å². The Balaban J connectivity index is 4.39. The highest BCUT2D eigenvalue weighted by atomic mass is 16.6. The molecule has 0 saturated heterocycles. The number of carbonyl (C=O) groups is 3. The van der Waals surface area contributed by atoms with Crippen LogP contribution in [-0.4, -0.2) is 80.6 Å². The average molecular weight is 733 g/mol. The van der Waals surface area contributed by atoms with Crippen LogP contribution in [0, 0.1) is 0 Å². The predicted molar refractivity (Wildman–Crippen MR) is 215 cm³/mol. The number of hydrogen-bond donors (Lipinski definition) is 1. The fraction of sp³-hybridized carbons (Fsp3) is 0.750. The zero-order chi connectivity index (χ0) is 38.5. The molecule has 0 aliphatic carbocycles. The van der Waals surface area contributed by atoms with Crippen molar-refractivity contribution in [3.8, 4) is 0 Å². The summed E-state index contributed by atoms with van der Waals surface area (Å²) >= 11 is 0. The summed E-state index contributed by atoms with van der Waals surface area (Å²) in [4.78, 5) is 36.8. The molecule has 2 unspecified atom stereocenters. The number of nitrogens with zero attached hydrogens (tertiary/aromatic N) is 1. The summed E-state index contributed by atoms with van der Waals surface area (Å²) in [6, 6.07) is -0.617. The molecular formula is C44H78NO7+. The highest BCUT2D eigenvalue weighted by molar-refractivity contribution is 5.72. The molecule has 0 amide bonds. The molecule has 0 spiro atoms. The second-order valence-electron chi connectivity index (χ2n) is 14.9. The zero-order valence-corrected chi connectivity index (χ0v) is 34.0. The van der Waals surface area contributed by atoms with Crippen molar-refractivity contribution >= 4 is 17.9 Å². The number of rotatable bonds is 36. The van der Waals surface area contributed by atoms with Crippen molar-refractivity contribution in [2.75, 3.05) is 41.0 Å². The molecule has 0 aliphatic rings. The van der Waals surface area contributed by atoms with Crippen molar-refractivity contribution in [2.45, 2.75) is 174 Å². The summed E-state index contributed by atoms with van der Waals surface area (Å²) in [5.74, 6) is -1.50. The van der Waals surface area contributed by atoms with Crippen LogP contribution in [0.1, 0.15) is 162 Å². The van der Waals surface area contributed by atoms with Crippen LogP contribution in [0.25, 0.3) is 0 Å². The Morgan fingerprint density at radius 1 is 0.596 bits per heavy atom. The minimum atomic E-state index is -0.880. The molecule has 0 aromatic carbocycles. The predicted octanol–water partition coefficient (Wildman–Crippen LogP) is 10.9. The first-order chi connectivity index (χ1) is 25.1. The van der Waals surface area contributed by atoms with Gasteiger partial charge in [-0.05, 0) is 64.2 Å². The quantitative estimate of drug-likeness (QED) is 0.0296. The van der Waals surface area contributed by atoms with E-state index in [1.54, 1.807) is 0 Å². The lowest BCUT2D eigenvalue weighted by Gasteiger charge is -2.31. The normalized spacial score (nSPS) is 13.5. The average Bonchev–Trinajstić information content (AvgIpc) is 3.09. The Kier molecular flexibility index (Phi) is 33.5. The SMILES string of the molecule is CC/C=C\C/C=C\C/C=C\CCCCCCCCCC(=O)OC(COCCC(C(=O)O)[N+](C)(C)C)COC(=O)CCCCCCC/C=C\CCCC. The van der Waals surface area contributed by atoms with E-state index in [0.717, 1.165) is 77.0 Å². The molecule has 0 radical (unpaired) electrons. The first-order valence-electron chi connectivity index (χ1n) is 20.7. The number of hydrogen-bond acceptors (Lipinski definition) is 6.